The minimum Gasteiger partial charge on any atom is -0.497 e. The van der Waals surface area contributed by atoms with E-state index in [0.29, 0.717) is 25.0 Å². The van der Waals surface area contributed by atoms with E-state index in [2.05, 4.69) is 12.1 Å². The smallest absolute Gasteiger partial charge is 0.118 e. The molecule has 20 heavy (non-hydrogen) atoms. The zero-order chi connectivity index (χ0) is 14.6. The van der Waals surface area contributed by atoms with Crippen LogP contribution < -0.4 is 4.74 Å². The topological polar surface area (TPSA) is 27.7 Å². The second-order valence-electron chi connectivity index (χ2n) is 4.82. The standard InChI is InChI=1S/C16H25ClO3/c1-18-10-11-20-9-3-4-15(13-17)12-14-5-7-16(19-2)8-6-14/h5-8,15H,3-4,9-13H2,1-2H3. The zero-order valence-electron chi connectivity index (χ0n) is 12.4. The van der Waals surface area contributed by atoms with Crippen molar-refractivity contribution in [2.24, 2.45) is 5.92 Å². The summed E-state index contributed by atoms with van der Waals surface area (Å²) in [4.78, 5) is 0. The van der Waals surface area contributed by atoms with Crippen LogP contribution in [0, 0.1) is 5.92 Å². The van der Waals surface area contributed by atoms with Crippen LogP contribution in [0.2, 0.25) is 0 Å². The van der Waals surface area contributed by atoms with Gasteiger partial charge >= 0.3 is 0 Å². The quantitative estimate of drug-likeness (QED) is 0.462. The van der Waals surface area contributed by atoms with Gasteiger partial charge in [-0.15, -0.1) is 11.6 Å². The van der Waals surface area contributed by atoms with Crippen molar-refractivity contribution < 1.29 is 14.2 Å². The molecule has 0 heterocycles. The average Bonchev–Trinajstić information content (AvgIpc) is 2.50. The molecule has 1 atom stereocenters. The van der Waals surface area contributed by atoms with Crippen LogP contribution in [0.1, 0.15) is 18.4 Å². The lowest BCUT2D eigenvalue weighted by Gasteiger charge is -2.14. The van der Waals surface area contributed by atoms with Crippen molar-refractivity contribution in [3.63, 3.8) is 0 Å². The number of ether oxygens (including phenoxy) is 3. The highest BCUT2D eigenvalue weighted by atomic mass is 35.5. The Kier molecular flexibility index (Phi) is 9.46. The van der Waals surface area contributed by atoms with Gasteiger partial charge in [0.1, 0.15) is 5.75 Å². The lowest BCUT2D eigenvalue weighted by atomic mass is 9.96. The number of halogens is 1. The average molecular weight is 301 g/mol. The minimum absolute atomic E-state index is 0.496. The monoisotopic (exact) mass is 300 g/mol. The van der Waals surface area contributed by atoms with Crippen LogP contribution in [0.15, 0.2) is 24.3 Å². The zero-order valence-corrected chi connectivity index (χ0v) is 13.2. The Morgan fingerprint density at radius 2 is 1.80 bits per heavy atom. The Morgan fingerprint density at radius 3 is 2.40 bits per heavy atom. The minimum atomic E-state index is 0.496. The molecule has 4 heteroatoms. The van der Waals surface area contributed by atoms with Crippen molar-refractivity contribution in [2.45, 2.75) is 19.3 Å². The van der Waals surface area contributed by atoms with Gasteiger partial charge in [0.25, 0.3) is 0 Å². The van der Waals surface area contributed by atoms with E-state index in [4.69, 9.17) is 25.8 Å². The lowest BCUT2D eigenvalue weighted by molar-refractivity contribution is 0.0675. The molecule has 0 radical (unpaired) electrons. The fraction of sp³-hybridized carbons (Fsp3) is 0.625. The highest BCUT2D eigenvalue weighted by molar-refractivity contribution is 6.18. The molecular weight excluding hydrogens is 276 g/mol. The van der Waals surface area contributed by atoms with E-state index in [0.717, 1.165) is 31.6 Å². The van der Waals surface area contributed by atoms with Gasteiger partial charge in [-0.3, -0.25) is 0 Å². The fourth-order valence-electron chi connectivity index (χ4n) is 2.05. The van der Waals surface area contributed by atoms with Gasteiger partial charge in [0.2, 0.25) is 0 Å². The number of benzene rings is 1. The number of hydrogen-bond acceptors (Lipinski definition) is 3. The lowest BCUT2D eigenvalue weighted by Crippen LogP contribution is -2.09. The van der Waals surface area contributed by atoms with Crippen molar-refractivity contribution in [1.29, 1.82) is 0 Å². The number of rotatable bonds is 11. The Hall–Kier alpha value is -0.770. The Labute approximate surface area is 127 Å². The van der Waals surface area contributed by atoms with E-state index < -0.39 is 0 Å². The largest absolute Gasteiger partial charge is 0.497 e. The molecule has 0 spiro atoms. The van der Waals surface area contributed by atoms with E-state index in [1.54, 1.807) is 14.2 Å². The summed E-state index contributed by atoms with van der Waals surface area (Å²) in [7, 11) is 3.36. The van der Waals surface area contributed by atoms with Crippen molar-refractivity contribution >= 4 is 11.6 Å². The molecule has 0 bridgehead atoms. The SMILES string of the molecule is COCCOCCCC(CCl)Cc1ccc(OC)cc1. The van der Waals surface area contributed by atoms with Crippen LogP contribution in [-0.4, -0.2) is 39.9 Å². The molecule has 0 aliphatic heterocycles. The third-order valence-corrected chi connectivity index (χ3v) is 3.67. The maximum absolute atomic E-state index is 6.05. The van der Waals surface area contributed by atoms with E-state index in [-0.39, 0.29) is 0 Å². The molecule has 0 saturated carbocycles. The summed E-state index contributed by atoms with van der Waals surface area (Å²) in [5, 5.41) is 0. The normalized spacial score (nSPS) is 12.3. The summed E-state index contributed by atoms with van der Waals surface area (Å²) >= 11 is 6.05. The first-order valence-corrected chi connectivity index (χ1v) is 7.59. The van der Waals surface area contributed by atoms with E-state index in [9.17, 15) is 0 Å². The first-order valence-electron chi connectivity index (χ1n) is 7.05. The Balaban J connectivity index is 2.24. The highest BCUT2D eigenvalue weighted by Gasteiger charge is 2.08. The number of methoxy groups -OCH3 is 2. The van der Waals surface area contributed by atoms with E-state index >= 15 is 0 Å². The van der Waals surface area contributed by atoms with Gasteiger partial charge in [-0.1, -0.05) is 12.1 Å². The summed E-state index contributed by atoms with van der Waals surface area (Å²) in [5.74, 6) is 2.07. The molecule has 1 unspecified atom stereocenters. The number of hydrogen-bond donors (Lipinski definition) is 0. The summed E-state index contributed by atoms with van der Waals surface area (Å²) in [6.45, 7) is 2.10. The molecule has 3 nitrogen and oxygen atoms in total. The molecule has 0 fully saturated rings. The molecule has 1 aromatic carbocycles. The summed E-state index contributed by atoms with van der Waals surface area (Å²) < 4.78 is 15.6. The summed E-state index contributed by atoms with van der Waals surface area (Å²) in [6, 6.07) is 8.20. The van der Waals surface area contributed by atoms with Gasteiger partial charge in [-0.05, 0) is 42.9 Å². The maximum atomic E-state index is 6.05. The Morgan fingerprint density at radius 1 is 1.05 bits per heavy atom. The maximum Gasteiger partial charge on any atom is 0.118 e. The van der Waals surface area contributed by atoms with E-state index in [1.807, 2.05) is 12.1 Å². The van der Waals surface area contributed by atoms with Crippen molar-refractivity contribution in [2.75, 3.05) is 39.9 Å². The third kappa shape index (κ3) is 7.13. The molecule has 1 rings (SSSR count). The molecule has 0 aromatic heterocycles. The molecule has 0 aliphatic rings. The van der Waals surface area contributed by atoms with Gasteiger partial charge < -0.3 is 14.2 Å². The molecule has 1 aromatic rings. The first-order chi connectivity index (χ1) is 9.80. The van der Waals surface area contributed by atoms with Crippen LogP contribution in [0.5, 0.6) is 5.75 Å². The van der Waals surface area contributed by atoms with Crippen LogP contribution in [0.25, 0.3) is 0 Å². The van der Waals surface area contributed by atoms with Gasteiger partial charge in [-0.25, -0.2) is 0 Å². The number of alkyl halides is 1. The van der Waals surface area contributed by atoms with E-state index in [1.165, 1.54) is 5.56 Å². The van der Waals surface area contributed by atoms with Crippen LogP contribution in [-0.2, 0) is 15.9 Å². The fourth-order valence-corrected chi connectivity index (χ4v) is 2.31. The second kappa shape index (κ2) is 11.0. The first kappa shape index (κ1) is 17.3. The van der Waals surface area contributed by atoms with Crippen molar-refractivity contribution in [1.82, 2.24) is 0 Å². The van der Waals surface area contributed by atoms with Gasteiger partial charge in [0.15, 0.2) is 0 Å². The van der Waals surface area contributed by atoms with Crippen LogP contribution in [0.4, 0.5) is 0 Å². The summed E-state index contributed by atoms with van der Waals surface area (Å²) in [5.41, 5.74) is 1.30. The molecule has 0 aliphatic carbocycles. The summed E-state index contributed by atoms with van der Waals surface area (Å²) in [6.07, 6.45) is 3.13. The van der Waals surface area contributed by atoms with Gasteiger partial charge in [0.05, 0.1) is 20.3 Å². The highest BCUT2D eigenvalue weighted by Crippen LogP contribution is 2.18. The van der Waals surface area contributed by atoms with Crippen molar-refractivity contribution in [3.8, 4) is 5.75 Å². The van der Waals surface area contributed by atoms with Crippen molar-refractivity contribution in [3.05, 3.63) is 29.8 Å². The molecular formula is C16H25ClO3. The van der Waals surface area contributed by atoms with Crippen LogP contribution in [0.3, 0.4) is 0 Å². The predicted molar refractivity (Wildman–Crippen MR) is 82.8 cm³/mol. The molecule has 114 valence electrons. The molecule has 0 saturated heterocycles. The van der Waals surface area contributed by atoms with Gasteiger partial charge in [-0.2, -0.15) is 0 Å². The van der Waals surface area contributed by atoms with Gasteiger partial charge in [0, 0.05) is 19.6 Å². The molecule has 0 N–H and O–H groups in total. The molecule has 0 amide bonds. The predicted octanol–water partition coefficient (Wildman–Crippen LogP) is 3.54. The Bertz CT molecular complexity index is 340. The second-order valence-corrected chi connectivity index (χ2v) is 5.13. The third-order valence-electron chi connectivity index (χ3n) is 3.23. The van der Waals surface area contributed by atoms with Crippen LogP contribution >= 0.6 is 11.6 Å².